The third-order valence-corrected chi connectivity index (χ3v) is 2.84. The summed E-state index contributed by atoms with van der Waals surface area (Å²) in [5.41, 5.74) is 4.89. The number of carboxylic acid groups (broad SMARTS) is 1. The quantitative estimate of drug-likeness (QED) is 0.727. The molecule has 0 saturated heterocycles. The predicted octanol–water partition coefficient (Wildman–Crippen LogP) is 2.33. The van der Waals surface area contributed by atoms with Gasteiger partial charge in [-0.3, -0.25) is 0 Å². The number of aliphatic carboxylic acids is 1. The molecule has 1 aromatic rings. The maximum atomic E-state index is 10.9. The van der Waals surface area contributed by atoms with Crippen LogP contribution in [0.25, 0.3) is 11.1 Å². The lowest BCUT2D eigenvalue weighted by Crippen LogP contribution is -2.00. The molecular formula is C12H8O2. The molecular weight excluding hydrogens is 176 g/mol. The molecule has 68 valence electrons. The van der Waals surface area contributed by atoms with Gasteiger partial charge in [0.25, 0.3) is 0 Å². The number of hydrogen-bond acceptors (Lipinski definition) is 1. The van der Waals surface area contributed by atoms with Crippen molar-refractivity contribution >= 4 is 17.1 Å². The molecule has 0 saturated carbocycles. The Morgan fingerprint density at radius 3 is 2.64 bits per heavy atom. The van der Waals surface area contributed by atoms with Gasteiger partial charge in [-0.1, -0.05) is 24.3 Å². The molecule has 0 unspecified atom stereocenters. The Balaban J connectivity index is 2.29. The van der Waals surface area contributed by atoms with Crippen LogP contribution in [0.3, 0.4) is 0 Å². The Bertz CT molecular complexity index is 507. The van der Waals surface area contributed by atoms with Crippen molar-refractivity contribution in [3.05, 3.63) is 47.0 Å². The summed E-state index contributed by atoms with van der Waals surface area (Å²) >= 11 is 0. The van der Waals surface area contributed by atoms with Crippen molar-refractivity contribution in [1.82, 2.24) is 0 Å². The summed E-state index contributed by atoms with van der Waals surface area (Å²) in [7, 11) is 0. The van der Waals surface area contributed by atoms with Crippen molar-refractivity contribution in [2.75, 3.05) is 0 Å². The van der Waals surface area contributed by atoms with Crippen LogP contribution in [-0.2, 0) is 4.79 Å². The van der Waals surface area contributed by atoms with Gasteiger partial charge in [-0.25, -0.2) is 4.79 Å². The molecule has 2 bridgehead atoms. The van der Waals surface area contributed by atoms with E-state index in [0.29, 0.717) is 5.57 Å². The Kier molecular flexibility index (Phi) is 1.27. The van der Waals surface area contributed by atoms with E-state index < -0.39 is 5.97 Å². The lowest BCUT2D eigenvalue weighted by Gasteiger charge is -2.06. The fourth-order valence-electron chi connectivity index (χ4n) is 2.23. The molecule has 0 atom stereocenters. The van der Waals surface area contributed by atoms with E-state index in [1.54, 1.807) is 6.08 Å². The van der Waals surface area contributed by atoms with E-state index in [-0.39, 0.29) is 0 Å². The number of hydrogen-bond donors (Lipinski definition) is 1. The number of carbonyl (C=O) groups is 1. The molecule has 0 heterocycles. The smallest absolute Gasteiger partial charge is 0.336 e. The van der Waals surface area contributed by atoms with Gasteiger partial charge < -0.3 is 5.11 Å². The largest absolute Gasteiger partial charge is 0.478 e. The van der Waals surface area contributed by atoms with Crippen LogP contribution in [0, 0.1) is 0 Å². The monoisotopic (exact) mass is 184 g/mol. The van der Waals surface area contributed by atoms with Gasteiger partial charge in [-0.05, 0) is 34.8 Å². The molecule has 0 aromatic heterocycles. The van der Waals surface area contributed by atoms with Crippen LogP contribution < -0.4 is 0 Å². The summed E-state index contributed by atoms with van der Waals surface area (Å²) < 4.78 is 0. The lowest BCUT2D eigenvalue weighted by atomic mass is 9.99. The highest BCUT2D eigenvalue weighted by Gasteiger charge is 2.30. The molecule has 1 aromatic carbocycles. The zero-order valence-electron chi connectivity index (χ0n) is 7.45. The van der Waals surface area contributed by atoms with Crippen LogP contribution in [0.1, 0.15) is 17.5 Å². The Labute approximate surface area is 81.2 Å². The predicted molar refractivity (Wildman–Crippen MR) is 53.6 cm³/mol. The van der Waals surface area contributed by atoms with E-state index >= 15 is 0 Å². The first-order valence-corrected chi connectivity index (χ1v) is 4.54. The van der Waals surface area contributed by atoms with Crippen LogP contribution in [0.2, 0.25) is 0 Å². The molecule has 0 amide bonds. The highest BCUT2D eigenvalue weighted by Crippen LogP contribution is 2.47. The number of carboxylic acids is 1. The molecule has 2 heteroatoms. The van der Waals surface area contributed by atoms with E-state index in [9.17, 15) is 4.79 Å². The molecule has 3 rings (SSSR count). The number of fused-ring (bicyclic) bond motifs is 5. The Morgan fingerprint density at radius 2 is 1.93 bits per heavy atom. The standard InChI is InChI=1S/C12H8O2/c13-12(14)11-6-7-5-10(11)9-4-2-1-3-8(7)9/h1-4,6H,5H2,(H,13,14). The summed E-state index contributed by atoms with van der Waals surface area (Å²) in [5, 5.41) is 8.96. The maximum Gasteiger partial charge on any atom is 0.336 e. The maximum absolute atomic E-state index is 10.9. The highest BCUT2D eigenvalue weighted by molar-refractivity contribution is 6.11. The van der Waals surface area contributed by atoms with Gasteiger partial charge in [0.2, 0.25) is 0 Å². The Hall–Kier alpha value is -1.83. The van der Waals surface area contributed by atoms with Crippen LogP contribution in [0.15, 0.2) is 35.9 Å². The second-order valence-electron chi connectivity index (χ2n) is 3.59. The molecule has 2 aliphatic carbocycles. The lowest BCUT2D eigenvalue weighted by molar-refractivity contribution is -0.132. The average Bonchev–Trinajstić information content (AvgIpc) is 2.75. The van der Waals surface area contributed by atoms with Crippen molar-refractivity contribution in [2.45, 2.75) is 6.42 Å². The summed E-state index contributed by atoms with van der Waals surface area (Å²) in [4.78, 5) is 10.9. The first kappa shape index (κ1) is 7.56. The zero-order chi connectivity index (χ0) is 9.71. The van der Waals surface area contributed by atoms with Gasteiger partial charge in [0.05, 0.1) is 5.57 Å². The minimum atomic E-state index is -0.815. The van der Waals surface area contributed by atoms with Crippen molar-refractivity contribution < 1.29 is 9.90 Å². The minimum Gasteiger partial charge on any atom is -0.478 e. The SMILES string of the molecule is O=C(O)C1=C2CC(=C1)c1ccccc12. The average molecular weight is 184 g/mol. The van der Waals surface area contributed by atoms with Crippen LogP contribution in [-0.4, -0.2) is 11.1 Å². The van der Waals surface area contributed by atoms with Crippen LogP contribution in [0.5, 0.6) is 0 Å². The van der Waals surface area contributed by atoms with Crippen molar-refractivity contribution in [3.8, 4) is 0 Å². The molecule has 0 radical (unpaired) electrons. The van der Waals surface area contributed by atoms with Crippen molar-refractivity contribution in [1.29, 1.82) is 0 Å². The third-order valence-electron chi connectivity index (χ3n) is 2.84. The highest BCUT2D eigenvalue weighted by atomic mass is 16.4. The van der Waals surface area contributed by atoms with E-state index in [1.165, 1.54) is 5.56 Å². The van der Waals surface area contributed by atoms with Gasteiger partial charge in [0, 0.05) is 0 Å². The molecule has 0 aliphatic heterocycles. The molecule has 2 aliphatic rings. The van der Waals surface area contributed by atoms with E-state index in [0.717, 1.165) is 23.1 Å². The zero-order valence-corrected chi connectivity index (χ0v) is 7.45. The summed E-state index contributed by atoms with van der Waals surface area (Å²) in [6, 6.07) is 7.98. The molecule has 0 spiro atoms. The fraction of sp³-hybridized carbons (Fsp3) is 0.0833. The molecule has 14 heavy (non-hydrogen) atoms. The third kappa shape index (κ3) is 0.777. The van der Waals surface area contributed by atoms with Gasteiger partial charge in [-0.2, -0.15) is 0 Å². The van der Waals surface area contributed by atoms with Gasteiger partial charge in [-0.15, -0.1) is 0 Å². The number of rotatable bonds is 1. The van der Waals surface area contributed by atoms with Gasteiger partial charge in [0.15, 0.2) is 0 Å². The topological polar surface area (TPSA) is 37.3 Å². The summed E-state index contributed by atoms with van der Waals surface area (Å²) in [6.45, 7) is 0. The van der Waals surface area contributed by atoms with Crippen molar-refractivity contribution in [2.24, 2.45) is 0 Å². The van der Waals surface area contributed by atoms with Gasteiger partial charge >= 0.3 is 5.97 Å². The van der Waals surface area contributed by atoms with E-state index in [1.807, 2.05) is 24.3 Å². The first-order valence-electron chi connectivity index (χ1n) is 4.54. The minimum absolute atomic E-state index is 0.471. The van der Waals surface area contributed by atoms with Crippen LogP contribution >= 0.6 is 0 Å². The molecule has 0 fully saturated rings. The van der Waals surface area contributed by atoms with Crippen LogP contribution in [0.4, 0.5) is 0 Å². The van der Waals surface area contributed by atoms with E-state index in [2.05, 4.69) is 0 Å². The number of allylic oxidation sites excluding steroid dienone is 2. The van der Waals surface area contributed by atoms with Gasteiger partial charge in [0.1, 0.15) is 0 Å². The summed E-state index contributed by atoms with van der Waals surface area (Å²) in [6.07, 6.45) is 2.58. The molecule has 1 N–H and O–H groups in total. The number of benzene rings is 1. The normalized spacial score (nSPS) is 17.0. The fourth-order valence-corrected chi connectivity index (χ4v) is 2.23. The summed E-state index contributed by atoms with van der Waals surface area (Å²) in [5.74, 6) is -0.815. The van der Waals surface area contributed by atoms with E-state index in [4.69, 9.17) is 5.11 Å². The molecule has 2 nitrogen and oxygen atoms in total. The van der Waals surface area contributed by atoms with Crippen molar-refractivity contribution in [3.63, 3.8) is 0 Å². The first-order chi connectivity index (χ1) is 6.77. The Morgan fingerprint density at radius 1 is 1.21 bits per heavy atom. The second-order valence-corrected chi connectivity index (χ2v) is 3.59. The second kappa shape index (κ2) is 2.35.